The van der Waals surface area contributed by atoms with Gasteiger partial charge in [-0.2, -0.15) is 0 Å². The number of aromatic nitrogens is 4. The molecule has 8 heteroatoms. The number of rotatable bonds is 6. The maximum atomic E-state index is 13.3. The fraction of sp³-hybridized carbons (Fsp3) is 0.350. The van der Waals surface area contributed by atoms with Crippen molar-refractivity contribution in [1.82, 2.24) is 24.6 Å². The van der Waals surface area contributed by atoms with Crippen molar-refractivity contribution in [3.8, 4) is 5.69 Å². The molecule has 28 heavy (non-hydrogen) atoms. The van der Waals surface area contributed by atoms with Gasteiger partial charge in [-0.05, 0) is 44.5 Å². The van der Waals surface area contributed by atoms with Gasteiger partial charge in [0, 0.05) is 24.9 Å². The van der Waals surface area contributed by atoms with E-state index in [4.69, 9.17) is 4.42 Å². The van der Waals surface area contributed by atoms with E-state index in [1.807, 2.05) is 20.8 Å². The van der Waals surface area contributed by atoms with E-state index >= 15 is 0 Å². The zero-order valence-corrected chi connectivity index (χ0v) is 16.4. The van der Waals surface area contributed by atoms with E-state index < -0.39 is 0 Å². The first-order chi connectivity index (χ1) is 13.4. The highest BCUT2D eigenvalue weighted by Gasteiger charge is 2.26. The van der Waals surface area contributed by atoms with Crippen LogP contribution in [0, 0.1) is 6.92 Å². The topological polar surface area (TPSA) is 94.1 Å². The monoisotopic (exact) mass is 381 g/mol. The van der Waals surface area contributed by atoms with Crippen LogP contribution >= 0.6 is 0 Å². The summed E-state index contributed by atoms with van der Waals surface area (Å²) in [6.07, 6.45) is 5.48. The molecular weight excluding hydrogens is 358 g/mol. The molecule has 1 amide bonds. The minimum absolute atomic E-state index is 0.121. The minimum atomic E-state index is -0.386. The van der Waals surface area contributed by atoms with E-state index in [1.165, 1.54) is 4.57 Å². The molecule has 3 heterocycles. The first-order valence-corrected chi connectivity index (χ1v) is 9.17. The molecule has 146 valence electrons. The Hall–Kier alpha value is -3.29. The number of carbonyl (C=O) groups excluding carboxylic acids is 1. The van der Waals surface area contributed by atoms with Gasteiger partial charge in [0.1, 0.15) is 5.56 Å². The summed E-state index contributed by atoms with van der Waals surface area (Å²) >= 11 is 0. The van der Waals surface area contributed by atoms with Crippen molar-refractivity contribution in [2.45, 2.75) is 46.7 Å². The van der Waals surface area contributed by atoms with Gasteiger partial charge < -0.3 is 9.32 Å². The molecule has 0 fully saturated rings. The van der Waals surface area contributed by atoms with Gasteiger partial charge >= 0.3 is 0 Å². The van der Waals surface area contributed by atoms with Crippen LogP contribution in [0.5, 0.6) is 0 Å². The molecule has 0 radical (unpaired) electrons. The van der Waals surface area contributed by atoms with Crippen molar-refractivity contribution in [3.05, 3.63) is 70.1 Å². The van der Waals surface area contributed by atoms with Crippen LogP contribution in [0.2, 0.25) is 0 Å². The standard InChI is InChI=1S/C20H23N5O3/c1-5-16-22-23-17(28-16)12-25(13(2)3)20(27)18-14(4)8-10-24(19(18)26)15-7-6-9-21-11-15/h6-11,13H,5,12H2,1-4H3. The van der Waals surface area contributed by atoms with Crippen molar-refractivity contribution >= 4 is 5.91 Å². The lowest BCUT2D eigenvalue weighted by molar-refractivity contribution is 0.0668. The fourth-order valence-corrected chi connectivity index (χ4v) is 2.86. The van der Waals surface area contributed by atoms with Crippen LogP contribution in [0.1, 0.15) is 48.5 Å². The minimum Gasteiger partial charge on any atom is -0.423 e. The van der Waals surface area contributed by atoms with E-state index in [1.54, 1.807) is 48.6 Å². The molecule has 0 N–H and O–H groups in total. The zero-order valence-electron chi connectivity index (χ0n) is 16.4. The smallest absolute Gasteiger partial charge is 0.268 e. The van der Waals surface area contributed by atoms with Crippen LogP contribution in [0.4, 0.5) is 0 Å². The molecule has 3 aromatic rings. The van der Waals surface area contributed by atoms with Crippen LogP contribution in [0.25, 0.3) is 5.69 Å². The van der Waals surface area contributed by atoms with Crippen molar-refractivity contribution in [2.24, 2.45) is 0 Å². The molecule has 0 aliphatic heterocycles. The summed E-state index contributed by atoms with van der Waals surface area (Å²) in [6.45, 7) is 7.57. The quantitative estimate of drug-likeness (QED) is 0.651. The second-order valence-electron chi connectivity index (χ2n) is 6.73. The van der Waals surface area contributed by atoms with Crippen LogP contribution < -0.4 is 5.56 Å². The number of pyridine rings is 2. The van der Waals surface area contributed by atoms with Crippen molar-refractivity contribution in [1.29, 1.82) is 0 Å². The Morgan fingerprint density at radius 2 is 2.00 bits per heavy atom. The third-order valence-corrected chi connectivity index (χ3v) is 4.44. The van der Waals surface area contributed by atoms with Gasteiger partial charge in [-0.25, -0.2) is 0 Å². The molecule has 0 saturated carbocycles. The summed E-state index contributed by atoms with van der Waals surface area (Å²) in [7, 11) is 0. The van der Waals surface area contributed by atoms with Crippen molar-refractivity contribution < 1.29 is 9.21 Å². The van der Waals surface area contributed by atoms with Crippen LogP contribution in [-0.4, -0.2) is 36.6 Å². The second kappa shape index (κ2) is 8.16. The number of nitrogens with zero attached hydrogens (tertiary/aromatic N) is 5. The second-order valence-corrected chi connectivity index (χ2v) is 6.73. The Kier molecular flexibility index (Phi) is 5.67. The van der Waals surface area contributed by atoms with Gasteiger partial charge in [-0.15, -0.1) is 10.2 Å². The lowest BCUT2D eigenvalue weighted by Crippen LogP contribution is -2.40. The number of aryl methyl sites for hydroxylation is 2. The van der Waals surface area contributed by atoms with Gasteiger partial charge in [0.15, 0.2) is 0 Å². The number of carbonyl (C=O) groups is 1. The van der Waals surface area contributed by atoms with Gasteiger partial charge in [0.05, 0.1) is 18.4 Å². The number of hydrogen-bond donors (Lipinski definition) is 0. The lowest BCUT2D eigenvalue weighted by atomic mass is 10.1. The Morgan fingerprint density at radius 3 is 2.61 bits per heavy atom. The highest BCUT2D eigenvalue weighted by molar-refractivity contribution is 5.95. The Labute approximate surface area is 162 Å². The normalized spacial score (nSPS) is 11.0. The summed E-state index contributed by atoms with van der Waals surface area (Å²) < 4.78 is 6.97. The SMILES string of the molecule is CCc1nnc(CN(C(=O)c2c(C)ccn(-c3cccnc3)c2=O)C(C)C)o1. The van der Waals surface area contributed by atoms with Crippen molar-refractivity contribution in [2.75, 3.05) is 0 Å². The Bertz CT molecular complexity index is 1020. The summed E-state index contributed by atoms with van der Waals surface area (Å²) in [4.78, 5) is 32.0. The van der Waals surface area contributed by atoms with Crippen LogP contribution in [0.3, 0.4) is 0 Å². The van der Waals surface area contributed by atoms with E-state index in [9.17, 15) is 9.59 Å². The molecule has 0 spiro atoms. The molecule has 3 aromatic heterocycles. The first kappa shape index (κ1) is 19.5. The number of hydrogen-bond acceptors (Lipinski definition) is 6. The predicted octanol–water partition coefficient (Wildman–Crippen LogP) is 2.54. The maximum absolute atomic E-state index is 13.3. The maximum Gasteiger partial charge on any atom is 0.268 e. The molecule has 0 aliphatic carbocycles. The molecule has 0 bridgehead atoms. The van der Waals surface area contributed by atoms with Gasteiger partial charge in [0.25, 0.3) is 11.5 Å². The zero-order chi connectivity index (χ0) is 20.3. The predicted molar refractivity (Wildman–Crippen MR) is 103 cm³/mol. The molecule has 0 aliphatic rings. The van der Waals surface area contributed by atoms with Crippen LogP contribution in [0.15, 0.2) is 46.0 Å². The average Bonchev–Trinajstić information content (AvgIpc) is 3.14. The first-order valence-electron chi connectivity index (χ1n) is 9.17. The summed E-state index contributed by atoms with van der Waals surface area (Å²) in [5.41, 5.74) is 0.946. The lowest BCUT2D eigenvalue weighted by Gasteiger charge is -2.26. The van der Waals surface area contributed by atoms with Gasteiger partial charge in [-0.1, -0.05) is 6.92 Å². The highest BCUT2D eigenvalue weighted by atomic mass is 16.4. The molecule has 0 saturated heterocycles. The molecule has 0 atom stereocenters. The highest BCUT2D eigenvalue weighted by Crippen LogP contribution is 2.15. The van der Waals surface area contributed by atoms with E-state index in [0.29, 0.717) is 29.5 Å². The van der Waals surface area contributed by atoms with E-state index in [-0.39, 0.29) is 29.6 Å². The molecular formula is C20H23N5O3. The van der Waals surface area contributed by atoms with Crippen molar-refractivity contribution in [3.63, 3.8) is 0 Å². The largest absolute Gasteiger partial charge is 0.423 e. The molecule has 0 aromatic carbocycles. The molecule has 0 unspecified atom stereocenters. The van der Waals surface area contributed by atoms with Gasteiger partial charge in [0.2, 0.25) is 11.8 Å². The van der Waals surface area contributed by atoms with Gasteiger partial charge in [-0.3, -0.25) is 19.1 Å². The Morgan fingerprint density at radius 1 is 1.25 bits per heavy atom. The summed E-state index contributed by atoms with van der Waals surface area (Å²) in [6, 6.07) is 5.10. The summed E-state index contributed by atoms with van der Waals surface area (Å²) in [5.74, 6) is 0.494. The average molecular weight is 381 g/mol. The number of amides is 1. The van der Waals surface area contributed by atoms with Crippen LogP contribution in [-0.2, 0) is 13.0 Å². The molecule has 8 nitrogen and oxygen atoms in total. The third-order valence-electron chi connectivity index (χ3n) is 4.44. The van der Waals surface area contributed by atoms with E-state index in [0.717, 1.165) is 0 Å². The third kappa shape index (κ3) is 3.85. The van der Waals surface area contributed by atoms with E-state index in [2.05, 4.69) is 15.2 Å². The molecule has 3 rings (SSSR count). The Balaban J connectivity index is 2.00. The summed E-state index contributed by atoms with van der Waals surface area (Å²) in [5, 5.41) is 7.93. The fourth-order valence-electron chi connectivity index (χ4n) is 2.86.